The number of nitrogens with one attached hydrogen (secondary N) is 2. The highest BCUT2D eigenvalue weighted by Crippen LogP contribution is 2.20. The van der Waals surface area contributed by atoms with E-state index in [0.29, 0.717) is 25.9 Å². The molecule has 2 aliphatic heterocycles. The molecule has 3 unspecified atom stereocenters. The van der Waals surface area contributed by atoms with E-state index in [2.05, 4.69) is 10.6 Å². The highest BCUT2D eigenvalue weighted by atomic mass is 16.5. The number of urea groups is 1. The minimum atomic E-state index is -0.952. The first-order valence-electron chi connectivity index (χ1n) is 7.17. The second-order valence-corrected chi connectivity index (χ2v) is 5.32. The molecule has 2 heterocycles. The molecule has 0 aromatic carbocycles. The van der Waals surface area contributed by atoms with Gasteiger partial charge in [-0.25, -0.2) is 4.79 Å². The fraction of sp³-hybridized carbons (Fsp3) is 0.769. The predicted octanol–water partition coefficient (Wildman–Crippen LogP) is -0.604. The number of hydrogen-bond donors (Lipinski definition) is 3. The van der Waals surface area contributed by atoms with Crippen LogP contribution in [0.2, 0.25) is 0 Å². The Balaban J connectivity index is 1.89. The van der Waals surface area contributed by atoms with Crippen LogP contribution in [0.4, 0.5) is 4.79 Å². The van der Waals surface area contributed by atoms with Crippen molar-refractivity contribution < 1.29 is 24.2 Å². The number of carboxylic acids is 1. The van der Waals surface area contributed by atoms with E-state index in [1.165, 1.54) is 4.90 Å². The maximum Gasteiger partial charge on any atom is 0.317 e. The third kappa shape index (κ3) is 3.63. The van der Waals surface area contributed by atoms with Crippen molar-refractivity contribution >= 4 is 17.9 Å². The van der Waals surface area contributed by atoms with E-state index in [-0.39, 0.29) is 31.2 Å². The van der Waals surface area contributed by atoms with Crippen LogP contribution in [-0.2, 0) is 14.3 Å². The SMILES string of the molecule is CCN(C(=O)NCC1CCC(=O)N1)C1COCC1C(=O)O. The molecule has 3 amide bonds. The lowest BCUT2D eigenvalue weighted by molar-refractivity contribution is -0.142. The van der Waals surface area contributed by atoms with Gasteiger partial charge in [-0.05, 0) is 13.3 Å². The zero-order chi connectivity index (χ0) is 15.4. The van der Waals surface area contributed by atoms with Gasteiger partial charge in [-0.2, -0.15) is 0 Å². The van der Waals surface area contributed by atoms with E-state index < -0.39 is 17.9 Å². The number of aliphatic carboxylic acids is 1. The summed E-state index contributed by atoms with van der Waals surface area (Å²) in [5.41, 5.74) is 0. The summed E-state index contributed by atoms with van der Waals surface area (Å²) in [5.74, 6) is -1.65. The van der Waals surface area contributed by atoms with Crippen LogP contribution in [0.1, 0.15) is 19.8 Å². The molecule has 2 saturated heterocycles. The van der Waals surface area contributed by atoms with Gasteiger partial charge in [0.05, 0.1) is 19.3 Å². The van der Waals surface area contributed by atoms with Crippen molar-refractivity contribution in [2.45, 2.75) is 31.8 Å². The summed E-state index contributed by atoms with van der Waals surface area (Å²) in [5, 5.41) is 14.7. The second kappa shape index (κ2) is 6.75. The Morgan fingerprint density at radius 3 is 2.81 bits per heavy atom. The van der Waals surface area contributed by atoms with Crippen LogP contribution in [0.3, 0.4) is 0 Å². The number of rotatable bonds is 5. The molecule has 0 spiro atoms. The molecular formula is C13H21N3O5. The number of carbonyl (C=O) groups is 3. The van der Waals surface area contributed by atoms with Gasteiger partial charge in [0.2, 0.25) is 5.91 Å². The average Bonchev–Trinajstić information content (AvgIpc) is 3.06. The summed E-state index contributed by atoms with van der Waals surface area (Å²) in [7, 11) is 0. The molecule has 2 aliphatic rings. The van der Waals surface area contributed by atoms with Gasteiger partial charge in [0.1, 0.15) is 5.92 Å². The molecule has 0 aromatic rings. The zero-order valence-corrected chi connectivity index (χ0v) is 12.0. The van der Waals surface area contributed by atoms with Gasteiger partial charge in [-0.1, -0.05) is 0 Å². The van der Waals surface area contributed by atoms with Gasteiger partial charge in [0, 0.05) is 25.6 Å². The third-order valence-electron chi connectivity index (χ3n) is 3.95. The minimum Gasteiger partial charge on any atom is -0.481 e. The Labute approximate surface area is 122 Å². The topological polar surface area (TPSA) is 108 Å². The first kappa shape index (κ1) is 15.6. The second-order valence-electron chi connectivity index (χ2n) is 5.32. The summed E-state index contributed by atoms with van der Waals surface area (Å²) >= 11 is 0. The maximum atomic E-state index is 12.2. The molecule has 8 heteroatoms. The van der Waals surface area contributed by atoms with Gasteiger partial charge >= 0.3 is 12.0 Å². The fourth-order valence-corrected chi connectivity index (χ4v) is 2.76. The van der Waals surface area contributed by atoms with Gasteiger partial charge in [0.25, 0.3) is 0 Å². The van der Waals surface area contributed by atoms with Crippen LogP contribution in [-0.4, -0.2) is 66.3 Å². The third-order valence-corrected chi connectivity index (χ3v) is 3.95. The van der Waals surface area contributed by atoms with E-state index in [1.54, 1.807) is 6.92 Å². The molecule has 0 saturated carbocycles. The van der Waals surface area contributed by atoms with Crippen LogP contribution in [0.25, 0.3) is 0 Å². The quantitative estimate of drug-likeness (QED) is 0.628. The first-order valence-corrected chi connectivity index (χ1v) is 7.17. The van der Waals surface area contributed by atoms with Crippen molar-refractivity contribution in [3.8, 4) is 0 Å². The summed E-state index contributed by atoms with van der Waals surface area (Å²) in [6.45, 7) is 2.92. The molecule has 0 aliphatic carbocycles. The molecule has 3 N–H and O–H groups in total. The number of carbonyl (C=O) groups excluding carboxylic acids is 2. The van der Waals surface area contributed by atoms with Crippen LogP contribution in [0.5, 0.6) is 0 Å². The van der Waals surface area contributed by atoms with Crippen LogP contribution < -0.4 is 10.6 Å². The van der Waals surface area contributed by atoms with E-state index >= 15 is 0 Å². The summed E-state index contributed by atoms with van der Waals surface area (Å²) < 4.78 is 5.20. The van der Waals surface area contributed by atoms with Crippen molar-refractivity contribution in [2.75, 3.05) is 26.3 Å². The molecule has 0 radical (unpaired) electrons. The lowest BCUT2D eigenvalue weighted by Crippen LogP contribution is -2.52. The van der Waals surface area contributed by atoms with Gasteiger partial charge in [-0.15, -0.1) is 0 Å². The van der Waals surface area contributed by atoms with E-state index in [4.69, 9.17) is 9.84 Å². The molecule has 3 atom stereocenters. The van der Waals surface area contributed by atoms with E-state index in [0.717, 1.165) is 0 Å². The zero-order valence-electron chi connectivity index (χ0n) is 12.0. The largest absolute Gasteiger partial charge is 0.481 e. The normalized spacial score (nSPS) is 28.2. The highest BCUT2D eigenvalue weighted by molar-refractivity contribution is 5.79. The molecular weight excluding hydrogens is 278 g/mol. The number of ether oxygens (including phenoxy) is 1. The molecule has 0 aromatic heterocycles. The molecule has 2 rings (SSSR count). The van der Waals surface area contributed by atoms with Crippen LogP contribution in [0, 0.1) is 5.92 Å². The number of hydrogen-bond acceptors (Lipinski definition) is 4. The number of likely N-dealkylation sites (N-methyl/N-ethyl adjacent to an activating group) is 1. The Morgan fingerprint density at radius 2 is 2.24 bits per heavy atom. The van der Waals surface area contributed by atoms with Gasteiger partial charge < -0.3 is 25.4 Å². The van der Waals surface area contributed by atoms with E-state index in [9.17, 15) is 14.4 Å². The summed E-state index contributed by atoms with van der Waals surface area (Å²) in [6, 6.07) is -0.818. The standard InChI is InChI=1S/C13H21N3O5/c1-2-16(10-7-21-6-9(10)12(18)19)13(20)14-5-8-3-4-11(17)15-8/h8-10H,2-7H2,1H3,(H,14,20)(H,15,17)(H,18,19). The van der Waals surface area contributed by atoms with Crippen LogP contribution >= 0.6 is 0 Å². The first-order chi connectivity index (χ1) is 10.0. The van der Waals surface area contributed by atoms with E-state index in [1.807, 2.05) is 0 Å². The lowest BCUT2D eigenvalue weighted by atomic mass is 10.0. The average molecular weight is 299 g/mol. The van der Waals surface area contributed by atoms with Gasteiger partial charge in [0.15, 0.2) is 0 Å². The lowest BCUT2D eigenvalue weighted by Gasteiger charge is -2.29. The maximum absolute atomic E-state index is 12.2. The molecule has 0 bridgehead atoms. The number of amides is 3. The molecule has 21 heavy (non-hydrogen) atoms. The number of carboxylic acid groups (broad SMARTS) is 1. The Kier molecular flexibility index (Phi) is 5.00. The van der Waals surface area contributed by atoms with Crippen molar-refractivity contribution in [3.05, 3.63) is 0 Å². The van der Waals surface area contributed by atoms with Crippen molar-refractivity contribution in [1.29, 1.82) is 0 Å². The van der Waals surface area contributed by atoms with Crippen molar-refractivity contribution in [3.63, 3.8) is 0 Å². The molecule has 8 nitrogen and oxygen atoms in total. The molecule has 2 fully saturated rings. The Hall–Kier alpha value is -1.83. The predicted molar refractivity (Wildman–Crippen MR) is 72.7 cm³/mol. The number of nitrogens with zero attached hydrogens (tertiary/aromatic N) is 1. The summed E-state index contributed by atoms with van der Waals surface area (Å²) in [6.07, 6.45) is 1.19. The minimum absolute atomic E-state index is 0.00303. The highest BCUT2D eigenvalue weighted by Gasteiger charge is 2.39. The van der Waals surface area contributed by atoms with Crippen LogP contribution in [0.15, 0.2) is 0 Å². The van der Waals surface area contributed by atoms with Crippen molar-refractivity contribution in [2.24, 2.45) is 5.92 Å². The fourth-order valence-electron chi connectivity index (χ4n) is 2.76. The van der Waals surface area contributed by atoms with Crippen molar-refractivity contribution in [1.82, 2.24) is 15.5 Å². The molecule has 118 valence electrons. The van der Waals surface area contributed by atoms with Gasteiger partial charge in [-0.3, -0.25) is 9.59 Å². The Morgan fingerprint density at radius 1 is 1.48 bits per heavy atom. The summed E-state index contributed by atoms with van der Waals surface area (Å²) in [4.78, 5) is 36.0. The Bertz CT molecular complexity index is 428. The smallest absolute Gasteiger partial charge is 0.317 e. The monoisotopic (exact) mass is 299 g/mol.